The van der Waals surface area contributed by atoms with E-state index >= 15 is 0 Å². The Hall–Kier alpha value is -2.72. The van der Waals surface area contributed by atoms with Crippen LogP contribution in [0.25, 0.3) is 0 Å². The summed E-state index contributed by atoms with van der Waals surface area (Å²) in [6, 6.07) is 0. The summed E-state index contributed by atoms with van der Waals surface area (Å²) in [5.74, 6) is -2.15. The number of ether oxygens (including phenoxy) is 4. The fourth-order valence-corrected chi connectivity index (χ4v) is 12.4. The second-order valence-electron chi connectivity index (χ2n) is 25.9. The third-order valence-electron chi connectivity index (χ3n) is 16.6. The van der Waals surface area contributed by atoms with Gasteiger partial charge in [-0.15, -0.1) is 0 Å². The molecule has 0 bridgehead atoms. The zero-order valence-corrected chi connectivity index (χ0v) is 61.9. The molecule has 0 rings (SSSR count). The molecule has 0 aromatic rings. The first kappa shape index (κ1) is 91.3. The predicted molar refractivity (Wildman–Crippen MR) is 381 cm³/mol. The zero-order chi connectivity index (χ0) is 69.0. The van der Waals surface area contributed by atoms with E-state index in [0.717, 1.165) is 122 Å². The Kier molecular flexibility index (Phi) is 66.8. The van der Waals surface area contributed by atoms with Crippen LogP contribution in [-0.4, -0.2) is 96.7 Å². The molecule has 0 amide bonds. The zero-order valence-electron chi connectivity index (χ0n) is 60.2. The number of rotatable bonds is 73. The molecule has 552 valence electrons. The van der Waals surface area contributed by atoms with Crippen LogP contribution in [0, 0.1) is 0 Å². The van der Waals surface area contributed by atoms with Gasteiger partial charge in [-0.05, 0) is 57.8 Å². The first-order chi connectivity index (χ1) is 45.7. The number of allylic oxidation sites excluding steroid dienone is 6. The minimum absolute atomic E-state index is 0.0995. The van der Waals surface area contributed by atoms with E-state index in [2.05, 4.69) is 64.2 Å². The summed E-state index contributed by atoms with van der Waals surface area (Å²) in [4.78, 5) is 72.8. The first-order valence-corrected chi connectivity index (χ1v) is 41.2. The number of hydrogen-bond acceptors (Lipinski definition) is 15. The van der Waals surface area contributed by atoms with Crippen molar-refractivity contribution in [2.24, 2.45) is 0 Å². The number of carbonyl (C=O) groups excluding carboxylic acids is 4. The fourth-order valence-electron chi connectivity index (χ4n) is 10.8. The van der Waals surface area contributed by atoms with Gasteiger partial charge in [-0.25, -0.2) is 9.13 Å². The standard InChI is InChI=1S/C75H140O17P2/c1-5-9-13-17-21-25-29-33-34-38-40-44-48-52-56-60-73(78)86-66-71(92-75(80)62-58-54-50-46-42-37-32-28-24-20-16-12-8-4)68-90-94(83,84)88-64-69(76)63-87-93(81,82)89-67-70(91-74(79)61-57-53-49-45-41-36-31-27-23-19-15-11-7-3)65-85-72(77)59-55-51-47-43-39-35-30-26-22-18-14-10-6-2/h9,13,21,25,33-34,69-71,76H,5-8,10-12,14-20,22-24,26-32,35-68H2,1-4H3,(H,81,82)(H,83,84)/b13-9-,25-21-,34-33-. The highest BCUT2D eigenvalue weighted by molar-refractivity contribution is 7.47. The van der Waals surface area contributed by atoms with Gasteiger partial charge in [0.15, 0.2) is 12.2 Å². The van der Waals surface area contributed by atoms with Gasteiger partial charge < -0.3 is 33.8 Å². The lowest BCUT2D eigenvalue weighted by molar-refractivity contribution is -0.161. The molecular formula is C75H140O17P2. The molecule has 0 spiro atoms. The van der Waals surface area contributed by atoms with E-state index in [-0.39, 0.29) is 25.7 Å². The van der Waals surface area contributed by atoms with Gasteiger partial charge in [-0.1, -0.05) is 315 Å². The van der Waals surface area contributed by atoms with Crippen molar-refractivity contribution in [3.63, 3.8) is 0 Å². The van der Waals surface area contributed by atoms with Gasteiger partial charge in [-0.2, -0.15) is 0 Å². The second-order valence-corrected chi connectivity index (χ2v) is 28.8. The molecule has 94 heavy (non-hydrogen) atoms. The van der Waals surface area contributed by atoms with Crippen LogP contribution in [0.1, 0.15) is 362 Å². The second kappa shape index (κ2) is 68.8. The minimum Gasteiger partial charge on any atom is -0.462 e. The van der Waals surface area contributed by atoms with Crippen LogP contribution in [0.5, 0.6) is 0 Å². The number of phosphoric acid groups is 2. The smallest absolute Gasteiger partial charge is 0.462 e. The highest BCUT2D eigenvalue weighted by Crippen LogP contribution is 2.45. The molecule has 0 aromatic heterocycles. The number of esters is 4. The molecule has 0 saturated carbocycles. The van der Waals surface area contributed by atoms with Crippen molar-refractivity contribution < 1.29 is 80.2 Å². The van der Waals surface area contributed by atoms with E-state index in [1.54, 1.807) is 0 Å². The maximum absolute atomic E-state index is 13.1. The molecule has 3 N–H and O–H groups in total. The molecule has 0 aliphatic carbocycles. The number of unbranched alkanes of at least 4 members (excludes halogenated alkanes) is 41. The van der Waals surface area contributed by atoms with Crippen LogP contribution >= 0.6 is 15.6 Å². The largest absolute Gasteiger partial charge is 0.472 e. The highest BCUT2D eigenvalue weighted by atomic mass is 31.2. The molecule has 0 aliphatic rings. The van der Waals surface area contributed by atoms with Gasteiger partial charge in [0.05, 0.1) is 26.4 Å². The SMILES string of the molecule is CC/C=C\C/C=C\C/C=C\CCCCCCCC(=O)OCC(COP(=O)(O)OCC(O)COP(=O)(O)OCC(COC(=O)CCCCCCCCCCCCCCC)OC(=O)CCCCCCCCCCCCCCC)OC(=O)CCCCCCCCCCCCCCC. The predicted octanol–water partition coefficient (Wildman–Crippen LogP) is 21.6. The lowest BCUT2D eigenvalue weighted by Crippen LogP contribution is -2.30. The molecule has 0 aromatic carbocycles. The topological polar surface area (TPSA) is 237 Å². The Morgan fingerprint density at radius 2 is 0.553 bits per heavy atom. The maximum Gasteiger partial charge on any atom is 0.472 e. The molecule has 0 radical (unpaired) electrons. The van der Waals surface area contributed by atoms with Crippen molar-refractivity contribution >= 4 is 39.5 Å². The van der Waals surface area contributed by atoms with E-state index in [9.17, 15) is 43.2 Å². The Morgan fingerprint density at radius 3 is 0.851 bits per heavy atom. The average molecular weight is 1380 g/mol. The maximum atomic E-state index is 13.1. The van der Waals surface area contributed by atoms with Crippen molar-refractivity contribution in [2.45, 2.75) is 380 Å². The molecule has 0 aliphatic heterocycles. The Balaban J connectivity index is 5.29. The number of aliphatic hydroxyl groups is 1. The Labute approximate surface area is 573 Å². The molecular weight excluding hydrogens is 1230 g/mol. The van der Waals surface area contributed by atoms with Gasteiger partial charge >= 0.3 is 39.5 Å². The molecule has 0 saturated heterocycles. The molecule has 5 unspecified atom stereocenters. The Bertz CT molecular complexity index is 1930. The first-order valence-electron chi connectivity index (χ1n) is 38.2. The van der Waals surface area contributed by atoms with Crippen molar-refractivity contribution in [1.82, 2.24) is 0 Å². The summed E-state index contributed by atoms with van der Waals surface area (Å²) in [5.41, 5.74) is 0. The van der Waals surface area contributed by atoms with Crippen LogP contribution in [0.15, 0.2) is 36.5 Å². The van der Waals surface area contributed by atoms with Crippen LogP contribution in [-0.2, 0) is 65.4 Å². The lowest BCUT2D eigenvalue weighted by Gasteiger charge is -2.21. The number of carbonyl (C=O) groups is 4. The van der Waals surface area contributed by atoms with Crippen LogP contribution < -0.4 is 0 Å². The Morgan fingerprint density at radius 1 is 0.309 bits per heavy atom. The summed E-state index contributed by atoms with van der Waals surface area (Å²) < 4.78 is 68.4. The van der Waals surface area contributed by atoms with Gasteiger partial charge in [-0.3, -0.25) is 37.3 Å². The summed E-state index contributed by atoms with van der Waals surface area (Å²) in [6.45, 7) is 4.82. The van der Waals surface area contributed by atoms with E-state index in [0.29, 0.717) is 25.7 Å². The highest BCUT2D eigenvalue weighted by Gasteiger charge is 2.30. The fraction of sp³-hybridized carbons (Fsp3) is 0.867. The van der Waals surface area contributed by atoms with Crippen molar-refractivity contribution in [2.75, 3.05) is 39.6 Å². The monoisotopic (exact) mass is 1370 g/mol. The van der Waals surface area contributed by atoms with Crippen LogP contribution in [0.3, 0.4) is 0 Å². The van der Waals surface area contributed by atoms with E-state index < -0.39 is 97.5 Å². The lowest BCUT2D eigenvalue weighted by atomic mass is 10.0. The summed E-state index contributed by atoms with van der Waals surface area (Å²) in [6.07, 6.45) is 62.7. The van der Waals surface area contributed by atoms with E-state index in [4.69, 9.17) is 37.0 Å². The quantitative estimate of drug-likeness (QED) is 0.0169. The van der Waals surface area contributed by atoms with Gasteiger partial charge in [0.25, 0.3) is 0 Å². The summed E-state index contributed by atoms with van der Waals surface area (Å²) >= 11 is 0. The number of phosphoric ester groups is 2. The van der Waals surface area contributed by atoms with Crippen LogP contribution in [0.2, 0.25) is 0 Å². The van der Waals surface area contributed by atoms with Gasteiger partial charge in [0.1, 0.15) is 19.3 Å². The normalized spacial score (nSPS) is 14.2. The van der Waals surface area contributed by atoms with E-state index in [1.165, 1.54) is 161 Å². The van der Waals surface area contributed by atoms with Crippen LogP contribution in [0.4, 0.5) is 0 Å². The molecule has 5 atom stereocenters. The molecule has 0 heterocycles. The van der Waals surface area contributed by atoms with E-state index in [1.807, 2.05) is 0 Å². The summed E-state index contributed by atoms with van der Waals surface area (Å²) in [7, 11) is -9.92. The number of hydrogen-bond donors (Lipinski definition) is 3. The van der Waals surface area contributed by atoms with Gasteiger partial charge in [0.2, 0.25) is 0 Å². The third kappa shape index (κ3) is 67.8. The van der Waals surface area contributed by atoms with Crippen molar-refractivity contribution in [1.29, 1.82) is 0 Å². The van der Waals surface area contributed by atoms with Crippen molar-refractivity contribution in [3.8, 4) is 0 Å². The summed E-state index contributed by atoms with van der Waals surface area (Å²) in [5, 5.41) is 10.6. The van der Waals surface area contributed by atoms with Gasteiger partial charge in [0, 0.05) is 25.7 Å². The number of aliphatic hydroxyl groups excluding tert-OH is 1. The minimum atomic E-state index is -4.96. The third-order valence-corrected chi connectivity index (χ3v) is 18.6. The molecule has 17 nitrogen and oxygen atoms in total. The molecule has 0 fully saturated rings. The average Bonchev–Trinajstić information content (AvgIpc) is 1.67. The van der Waals surface area contributed by atoms with Crippen molar-refractivity contribution in [3.05, 3.63) is 36.5 Å². The molecule has 19 heteroatoms.